The van der Waals surface area contributed by atoms with Crippen LogP contribution in [0.25, 0.3) is 0 Å². The lowest BCUT2D eigenvalue weighted by Gasteiger charge is -2.08. The second-order valence-electron chi connectivity index (χ2n) is 5.52. The Morgan fingerprint density at radius 1 is 1.07 bits per heavy atom. The van der Waals surface area contributed by atoms with Gasteiger partial charge in [0.2, 0.25) is 0 Å². The summed E-state index contributed by atoms with van der Waals surface area (Å²) < 4.78 is 5.66. The van der Waals surface area contributed by atoms with Gasteiger partial charge in [0.25, 0.3) is 5.91 Å². The van der Waals surface area contributed by atoms with Crippen LogP contribution in [-0.4, -0.2) is 18.1 Å². The van der Waals surface area contributed by atoms with Crippen molar-refractivity contribution in [3.05, 3.63) is 87.6 Å². The van der Waals surface area contributed by atoms with E-state index in [1.165, 1.54) is 23.5 Å². The van der Waals surface area contributed by atoms with Crippen molar-refractivity contribution in [2.24, 2.45) is 5.10 Å². The highest BCUT2D eigenvalue weighted by Gasteiger charge is 2.03. The predicted molar refractivity (Wildman–Crippen MR) is 101 cm³/mol. The molecule has 0 aliphatic heterocycles. The molecule has 0 unspecified atom stereocenters. The molecule has 0 bridgehead atoms. The SMILES string of the molecule is O=C([O-])c1ccc(COc2ccc(/C=N\NC(=O)c3cccs3)cc2)cc1. The zero-order valence-corrected chi connectivity index (χ0v) is 14.9. The van der Waals surface area contributed by atoms with E-state index >= 15 is 0 Å². The predicted octanol–water partition coefficient (Wildman–Crippen LogP) is 2.45. The number of rotatable bonds is 7. The van der Waals surface area contributed by atoms with Crippen LogP contribution >= 0.6 is 11.3 Å². The van der Waals surface area contributed by atoms with Gasteiger partial charge in [-0.2, -0.15) is 5.10 Å². The molecule has 0 atom stereocenters. The number of nitrogens with zero attached hydrogens (tertiary/aromatic N) is 1. The molecule has 136 valence electrons. The molecule has 3 aromatic rings. The van der Waals surface area contributed by atoms with E-state index in [4.69, 9.17) is 4.74 Å². The number of hydrazone groups is 1. The smallest absolute Gasteiger partial charge is 0.281 e. The Labute approximate surface area is 159 Å². The van der Waals surface area contributed by atoms with Gasteiger partial charge in [-0.3, -0.25) is 4.79 Å². The second kappa shape index (κ2) is 8.77. The Kier molecular flexibility index (Phi) is 5.96. The van der Waals surface area contributed by atoms with Gasteiger partial charge < -0.3 is 14.6 Å². The highest BCUT2D eigenvalue weighted by molar-refractivity contribution is 7.12. The molecule has 0 saturated carbocycles. The number of hydrogen-bond acceptors (Lipinski definition) is 6. The molecule has 1 aromatic heterocycles. The van der Waals surface area contributed by atoms with Gasteiger partial charge in [-0.05, 0) is 52.4 Å². The van der Waals surface area contributed by atoms with Crippen LogP contribution in [0.3, 0.4) is 0 Å². The van der Waals surface area contributed by atoms with Gasteiger partial charge in [-0.15, -0.1) is 11.3 Å². The van der Waals surface area contributed by atoms with Crippen molar-refractivity contribution in [3.8, 4) is 5.75 Å². The third-order valence-corrected chi connectivity index (χ3v) is 4.47. The minimum Gasteiger partial charge on any atom is -0.545 e. The molecule has 27 heavy (non-hydrogen) atoms. The lowest BCUT2D eigenvalue weighted by Crippen LogP contribution is -2.22. The molecule has 3 rings (SSSR count). The average Bonchev–Trinajstić information content (AvgIpc) is 3.22. The highest BCUT2D eigenvalue weighted by Crippen LogP contribution is 2.14. The van der Waals surface area contributed by atoms with Gasteiger partial charge in [0.15, 0.2) is 0 Å². The third-order valence-electron chi connectivity index (χ3n) is 3.60. The van der Waals surface area contributed by atoms with Crippen LogP contribution in [0, 0.1) is 0 Å². The van der Waals surface area contributed by atoms with E-state index in [0.29, 0.717) is 17.2 Å². The summed E-state index contributed by atoms with van der Waals surface area (Å²) in [4.78, 5) is 23.1. The van der Waals surface area contributed by atoms with Crippen LogP contribution in [0.4, 0.5) is 0 Å². The van der Waals surface area contributed by atoms with Crippen LogP contribution in [-0.2, 0) is 6.61 Å². The van der Waals surface area contributed by atoms with Crippen molar-refractivity contribution in [3.63, 3.8) is 0 Å². The van der Waals surface area contributed by atoms with E-state index in [2.05, 4.69) is 10.5 Å². The first-order chi connectivity index (χ1) is 13.1. The second-order valence-corrected chi connectivity index (χ2v) is 6.47. The van der Waals surface area contributed by atoms with Crippen molar-refractivity contribution in [2.75, 3.05) is 0 Å². The largest absolute Gasteiger partial charge is 0.545 e. The van der Waals surface area contributed by atoms with Crippen LogP contribution < -0.4 is 15.3 Å². The first-order valence-corrected chi connectivity index (χ1v) is 8.90. The van der Waals surface area contributed by atoms with Crippen molar-refractivity contribution < 1.29 is 19.4 Å². The van der Waals surface area contributed by atoms with Crippen molar-refractivity contribution in [1.29, 1.82) is 0 Å². The lowest BCUT2D eigenvalue weighted by atomic mass is 10.1. The number of carboxylic acid groups (broad SMARTS) is 1. The molecule has 7 heteroatoms. The molecule has 6 nitrogen and oxygen atoms in total. The number of carbonyl (C=O) groups excluding carboxylic acids is 2. The maximum Gasteiger partial charge on any atom is 0.281 e. The molecule has 0 radical (unpaired) electrons. The topological polar surface area (TPSA) is 90.8 Å². The molecule has 0 spiro atoms. The Balaban J connectivity index is 1.50. The molecule has 0 saturated heterocycles. The summed E-state index contributed by atoms with van der Waals surface area (Å²) >= 11 is 1.35. The third kappa shape index (κ3) is 5.26. The molecule has 1 heterocycles. The summed E-state index contributed by atoms with van der Waals surface area (Å²) in [5, 5.41) is 16.5. The highest BCUT2D eigenvalue weighted by atomic mass is 32.1. The molecule has 1 amide bonds. The van der Waals surface area contributed by atoms with E-state index in [1.807, 2.05) is 17.5 Å². The summed E-state index contributed by atoms with van der Waals surface area (Å²) in [5.41, 5.74) is 4.26. The molecule has 0 aliphatic carbocycles. The zero-order valence-electron chi connectivity index (χ0n) is 14.1. The summed E-state index contributed by atoms with van der Waals surface area (Å²) in [6, 6.07) is 17.1. The molecule has 0 aliphatic rings. The minimum absolute atomic E-state index is 0.133. The van der Waals surface area contributed by atoms with Crippen LogP contribution in [0.1, 0.15) is 31.2 Å². The monoisotopic (exact) mass is 379 g/mol. The maximum absolute atomic E-state index is 11.8. The number of aromatic carboxylic acids is 1. The maximum atomic E-state index is 11.8. The van der Waals surface area contributed by atoms with Crippen LogP contribution in [0.15, 0.2) is 71.1 Å². The van der Waals surface area contributed by atoms with Crippen molar-refractivity contribution in [2.45, 2.75) is 6.61 Å². The van der Waals surface area contributed by atoms with Crippen molar-refractivity contribution in [1.82, 2.24) is 5.43 Å². The summed E-state index contributed by atoms with van der Waals surface area (Å²) in [7, 11) is 0. The standard InChI is InChI=1S/C20H16N2O4S/c23-19(18-2-1-11-27-18)22-21-12-14-5-9-17(10-6-14)26-13-15-3-7-16(8-4-15)20(24)25/h1-12H,13H2,(H,22,23)(H,24,25)/p-1/b21-12-. The van der Waals surface area contributed by atoms with Gasteiger partial charge in [0.1, 0.15) is 12.4 Å². The average molecular weight is 379 g/mol. The van der Waals surface area contributed by atoms with Gasteiger partial charge in [-0.25, -0.2) is 5.43 Å². The summed E-state index contributed by atoms with van der Waals surface area (Å²) in [6.07, 6.45) is 1.55. The lowest BCUT2D eigenvalue weighted by molar-refractivity contribution is -0.255. The van der Waals surface area contributed by atoms with Crippen LogP contribution in [0.5, 0.6) is 5.75 Å². The fraction of sp³-hybridized carbons (Fsp3) is 0.0500. The minimum atomic E-state index is -1.20. The quantitative estimate of drug-likeness (QED) is 0.504. The molecule has 2 aromatic carbocycles. The fourth-order valence-electron chi connectivity index (χ4n) is 2.18. The number of carboxylic acids is 1. The molecule has 0 fully saturated rings. The number of hydrogen-bond donors (Lipinski definition) is 1. The number of amides is 1. The van der Waals surface area contributed by atoms with Gasteiger partial charge in [-0.1, -0.05) is 30.3 Å². The summed E-state index contributed by atoms with van der Waals surface area (Å²) in [6.45, 7) is 0.317. The summed E-state index contributed by atoms with van der Waals surface area (Å²) in [5.74, 6) is -0.782. The number of nitrogens with one attached hydrogen (secondary N) is 1. The number of benzene rings is 2. The molecule has 1 N–H and O–H groups in total. The van der Waals surface area contributed by atoms with Gasteiger partial charge >= 0.3 is 0 Å². The van der Waals surface area contributed by atoms with E-state index < -0.39 is 5.97 Å². The number of thiophene rings is 1. The van der Waals surface area contributed by atoms with E-state index in [0.717, 1.165) is 11.1 Å². The first kappa shape index (κ1) is 18.3. The Morgan fingerprint density at radius 2 is 1.81 bits per heavy atom. The van der Waals surface area contributed by atoms with E-state index in [9.17, 15) is 14.7 Å². The van der Waals surface area contributed by atoms with Crippen LogP contribution in [0.2, 0.25) is 0 Å². The van der Waals surface area contributed by atoms with E-state index in [1.54, 1.807) is 42.6 Å². The Hall–Kier alpha value is -3.45. The van der Waals surface area contributed by atoms with Gasteiger partial charge in [0.05, 0.1) is 17.1 Å². The Bertz CT molecular complexity index is 933. The molecular formula is C20H15N2O4S-. The normalized spacial score (nSPS) is 10.7. The van der Waals surface area contributed by atoms with E-state index in [-0.39, 0.29) is 11.5 Å². The molecular weight excluding hydrogens is 364 g/mol. The number of ether oxygens (including phenoxy) is 1. The fourth-order valence-corrected chi connectivity index (χ4v) is 2.80. The van der Waals surface area contributed by atoms with Crippen molar-refractivity contribution >= 4 is 29.4 Å². The Morgan fingerprint density at radius 3 is 2.44 bits per heavy atom. The van der Waals surface area contributed by atoms with Gasteiger partial charge in [0, 0.05) is 0 Å². The zero-order chi connectivity index (χ0) is 19.1. The first-order valence-electron chi connectivity index (χ1n) is 8.02. The number of carbonyl (C=O) groups is 2.